The molecule has 0 amide bonds. The largest absolute Gasteiger partial charge is 0.480 e. The van der Waals surface area contributed by atoms with Gasteiger partial charge in [-0.1, -0.05) is 0 Å². The Kier molecular flexibility index (Phi) is 4.02. The van der Waals surface area contributed by atoms with Gasteiger partial charge in [-0.25, -0.2) is 0 Å². The van der Waals surface area contributed by atoms with Crippen LogP contribution < -0.4 is 5.32 Å². The molecule has 2 aliphatic heterocycles. The van der Waals surface area contributed by atoms with E-state index < -0.39 is 11.5 Å². The van der Waals surface area contributed by atoms with Crippen LogP contribution in [0.1, 0.15) is 32.1 Å². The molecule has 3 fully saturated rings. The molecule has 5 heteroatoms. The monoisotopic (exact) mass is 281 g/mol. The Hall–Kier alpha value is -0.650. The number of aliphatic carboxylic acids is 1. The van der Waals surface area contributed by atoms with Crippen molar-refractivity contribution < 1.29 is 9.90 Å². The number of nitrogens with one attached hydrogen (secondary N) is 1. The molecule has 1 aliphatic carbocycles. The normalized spacial score (nSPS) is 31.6. The molecule has 0 spiro atoms. The first-order valence-corrected chi connectivity index (χ1v) is 8.04. The van der Waals surface area contributed by atoms with Crippen LogP contribution in [-0.2, 0) is 4.79 Å². The highest BCUT2D eigenvalue weighted by atomic mass is 16.4. The van der Waals surface area contributed by atoms with Crippen LogP contribution in [0, 0.1) is 5.92 Å². The highest BCUT2D eigenvalue weighted by Crippen LogP contribution is 2.40. The summed E-state index contributed by atoms with van der Waals surface area (Å²) >= 11 is 0. The van der Waals surface area contributed by atoms with Crippen LogP contribution in [0.2, 0.25) is 0 Å². The molecule has 2 heterocycles. The van der Waals surface area contributed by atoms with E-state index in [1.54, 1.807) is 7.05 Å². The zero-order valence-corrected chi connectivity index (χ0v) is 12.5. The predicted molar refractivity (Wildman–Crippen MR) is 77.8 cm³/mol. The minimum Gasteiger partial charge on any atom is -0.480 e. The van der Waals surface area contributed by atoms with E-state index in [1.807, 2.05) is 0 Å². The third kappa shape index (κ3) is 2.59. The molecule has 0 aromatic rings. The standard InChI is InChI=1S/C15H27N3O2/c1-16-15(14(19)20,12-4-5-12)11-17-9-6-13(10-17)18-7-2-3-8-18/h12-13,16H,2-11H2,1H3,(H,19,20). The van der Waals surface area contributed by atoms with Gasteiger partial charge in [0.05, 0.1) is 0 Å². The number of likely N-dealkylation sites (N-methyl/N-ethyl adjacent to an activating group) is 1. The maximum absolute atomic E-state index is 11.8. The van der Waals surface area contributed by atoms with Crippen molar-refractivity contribution in [1.29, 1.82) is 0 Å². The van der Waals surface area contributed by atoms with E-state index in [-0.39, 0.29) is 0 Å². The summed E-state index contributed by atoms with van der Waals surface area (Å²) in [5, 5.41) is 12.8. The predicted octanol–water partition coefficient (Wildman–Crippen LogP) is 0.609. The van der Waals surface area contributed by atoms with Crippen molar-refractivity contribution >= 4 is 5.97 Å². The van der Waals surface area contributed by atoms with Gasteiger partial charge in [-0.15, -0.1) is 0 Å². The van der Waals surface area contributed by atoms with Gasteiger partial charge < -0.3 is 10.4 Å². The molecule has 114 valence electrons. The van der Waals surface area contributed by atoms with Crippen LogP contribution >= 0.6 is 0 Å². The first kappa shape index (κ1) is 14.3. The summed E-state index contributed by atoms with van der Waals surface area (Å²) < 4.78 is 0. The minimum absolute atomic E-state index is 0.316. The first-order valence-electron chi connectivity index (χ1n) is 8.04. The average Bonchev–Trinajstić information content (AvgIpc) is 2.97. The van der Waals surface area contributed by atoms with Gasteiger partial charge in [0.25, 0.3) is 0 Å². The zero-order valence-electron chi connectivity index (χ0n) is 12.5. The van der Waals surface area contributed by atoms with Crippen molar-refractivity contribution in [3.8, 4) is 0 Å². The molecule has 0 aromatic heterocycles. The SMILES string of the molecule is CNC(CN1CCC(N2CCCC2)C1)(C(=O)O)C1CC1. The van der Waals surface area contributed by atoms with Crippen molar-refractivity contribution in [1.82, 2.24) is 15.1 Å². The molecule has 3 aliphatic rings. The fraction of sp³-hybridized carbons (Fsp3) is 0.933. The van der Waals surface area contributed by atoms with Gasteiger partial charge in [-0.3, -0.25) is 14.6 Å². The summed E-state index contributed by atoms with van der Waals surface area (Å²) in [4.78, 5) is 16.7. The minimum atomic E-state index is -0.722. The van der Waals surface area contributed by atoms with Crippen LogP contribution in [0.5, 0.6) is 0 Å². The van der Waals surface area contributed by atoms with Gasteiger partial charge in [0, 0.05) is 19.1 Å². The van der Waals surface area contributed by atoms with Gasteiger partial charge in [0.1, 0.15) is 5.54 Å². The smallest absolute Gasteiger partial charge is 0.325 e. The molecule has 2 saturated heterocycles. The second-order valence-electron chi connectivity index (χ2n) is 6.72. The highest BCUT2D eigenvalue weighted by Gasteiger charge is 2.51. The van der Waals surface area contributed by atoms with Gasteiger partial charge in [-0.05, 0) is 64.7 Å². The number of hydrogen-bond donors (Lipinski definition) is 2. The quantitative estimate of drug-likeness (QED) is 0.747. The summed E-state index contributed by atoms with van der Waals surface area (Å²) in [6, 6.07) is 0.653. The molecule has 0 aromatic carbocycles. The second-order valence-corrected chi connectivity index (χ2v) is 6.72. The lowest BCUT2D eigenvalue weighted by molar-refractivity contribution is -0.146. The van der Waals surface area contributed by atoms with E-state index in [0.29, 0.717) is 18.5 Å². The first-order chi connectivity index (χ1) is 9.65. The second kappa shape index (κ2) is 5.62. The number of nitrogens with zero attached hydrogens (tertiary/aromatic N) is 2. The van der Waals surface area contributed by atoms with Crippen LogP contribution in [-0.4, -0.2) is 72.2 Å². The summed E-state index contributed by atoms with van der Waals surface area (Å²) in [6.07, 6.45) is 5.96. The lowest BCUT2D eigenvalue weighted by atomic mass is 9.92. The molecule has 0 radical (unpaired) electrons. The van der Waals surface area contributed by atoms with Crippen molar-refractivity contribution in [2.45, 2.75) is 43.7 Å². The van der Waals surface area contributed by atoms with E-state index in [1.165, 1.54) is 32.4 Å². The zero-order chi connectivity index (χ0) is 14.2. The van der Waals surface area contributed by atoms with Crippen molar-refractivity contribution in [2.24, 2.45) is 5.92 Å². The van der Waals surface area contributed by atoms with Gasteiger partial charge in [-0.2, -0.15) is 0 Å². The van der Waals surface area contributed by atoms with Gasteiger partial charge in [0.15, 0.2) is 0 Å². The Morgan fingerprint density at radius 3 is 2.50 bits per heavy atom. The Labute approximate surface area is 121 Å². The Balaban J connectivity index is 1.60. The molecule has 2 unspecified atom stereocenters. The third-order valence-electron chi connectivity index (χ3n) is 5.48. The van der Waals surface area contributed by atoms with E-state index in [9.17, 15) is 9.90 Å². The maximum atomic E-state index is 11.8. The molecule has 3 rings (SSSR count). The average molecular weight is 281 g/mol. The van der Waals surface area contributed by atoms with Gasteiger partial charge in [0.2, 0.25) is 0 Å². The molecule has 2 N–H and O–H groups in total. The Bertz CT molecular complexity index is 366. The van der Waals surface area contributed by atoms with E-state index in [4.69, 9.17) is 0 Å². The number of carbonyl (C=O) groups is 1. The summed E-state index contributed by atoms with van der Waals surface area (Å²) in [5.41, 5.74) is -0.722. The molecular weight excluding hydrogens is 254 g/mol. The molecule has 0 bridgehead atoms. The lowest BCUT2D eigenvalue weighted by Gasteiger charge is -2.34. The number of likely N-dealkylation sites (tertiary alicyclic amines) is 2. The molecule has 2 atom stereocenters. The topological polar surface area (TPSA) is 55.8 Å². The number of carboxylic acid groups (broad SMARTS) is 1. The van der Waals surface area contributed by atoms with E-state index >= 15 is 0 Å². The van der Waals surface area contributed by atoms with Crippen LogP contribution in [0.3, 0.4) is 0 Å². The van der Waals surface area contributed by atoms with E-state index in [0.717, 1.165) is 25.9 Å². The summed E-state index contributed by atoms with van der Waals surface area (Å²) in [7, 11) is 1.81. The lowest BCUT2D eigenvalue weighted by Crippen LogP contribution is -2.59. The molecule has 20 heavy (non-hydrogen) atoms. The van der Waals surface area contributed by atoms with Gasteiger partial charge >= 0.3 is 5.97 Å². The molecular formula is C15H27N3O2. The summed E-state index contributed by atoms with van der Waals surface area (Å²) in [5.74, 6) is -0.358. The fourth-order valence-corrected chi connectivity index (χ4v) is 4.05. The third-order valence-corrected chi connectivity index (χ3v) is 5.48. The van der Waals surface area contributed by atoms with Crippen LogP contribution in [0.4, 0.5) is 0 Å². The highest BCUT2D eigenvalue weighted by molar-refractivity contribution is 5.80. The van der Waals surface area contributed by atoms with Crippen molar-refractivity contribution in [2.75, 3.05) is 39.8 Å². The van der Waals surface area contributed by atoms with Crippen molar-refractivity contribution in [3.63, 3.8) is 0 Å². The van der Waals surface area contributed by atoms with E-state index in [2.05, 4.69) is 15.1 Å². The Morgan fingerprint density at radius 1 is 1.25 bits per heavy atom. The number of hydrogen-bond acceptors (Lipinski definition) is 4. The number of carboxylic acids is 1. The van der Waals surface area contributed by atoms with Crippen LogP contribution in [0.25, 0.3) is 0 Å². The Morgan fingerprint density at radius 2 is 1.95 bits per heavy atom. The molecule has 5 nitrogen and oxygen atoms in total. The van der Waals surface area contributed by atoms with Crippen molar-refractivity contribution in [3.05, 3.63) is 0 Å². The maximum Gasteiger partial charge on any atom is 0.325 e. The fourth-order valence-electron chi connectivity index (χ4n) is 4.05. The summed E-state index contributed by atoms with van der Waals surface area (Å²) in [6.45, 7) is 5.22. The van der Waals surface area contributed by atoms with Crippen LogP contribution in [0.15, 0.2) is 0 Å². The molecule has 1 saturated carbocycles. The number of rotatable bonds is 6.